The Balaban J connectivity index is 1.82. The Bertz CT molecular complexity index is 500. The normalized spacial score (nSPS) is 10.2. The molecule has 0 fully saturated rings. The Morgan fingerprint density at radius 1 is 1.41 bits per heavy atom. The lowest BCUT2D eigenvalue weighted by atomic mass is 10.4. The molecule has 2 rings (SSSR count). The van der Waals surface area contributed by atoms with Gasteiger partial charge in [0.2, 0.25) is 5.91 Å². The van der Waals surface area contributed by atoms with Crippen LogP contribution in [-0.4, -0.2) is 26.8 Å². The van der Waals surface area contributed by atoms with Crippen LogP contribution in [0.4, 0.5) is 5.69 Å². The van der Waals surface area contributed by atoms with E-state index in [2.05, 4.69) is 20.5 Å². The molecule has 0 spiro atoms. The summed E-state index contributed by atoms with van der Waals surface area (Å²) in [5.74, 6) is 0.269. The van der Waals surface area contributed by atoms with Crippen molar-refractivity contribution >= 4 is 34.7 Å². The molecule has 0 aliphatic carbocycles. The second-order valence-corrected chi connectivity index (χ2v) is 5.56. The van der Waals surface area contributed by atoms with Crippen molar-refractivity contribution in [3.05, 3.63) is 29.5 Å². The summed E-state index contributed by atoms with van der Waals surface area (Å²) in [6.45, 7) is 1.89. The highest BCUT2D eigenvalue weighted by atomic mass is 32.2. The molecule has 88 valence electrons. The van der Waals surface area contributed by atoms with E-state index < -0.39 is 0 Å². The number of thioether (sulfide) groups is 1. The molecule has 2 aromatic heterocycles. The van der Waals surface area contributed by atoms with Crippen LogP contribution in [0.15, 0.2) is 28.9 Å². The molecule has 0 saturated heterocycles. The van der Waals surface area contributed by atoms with Crippen molar-refractivity contribution in [1.82, 2.24) is 15.2 Å². The molecule has 17 heavy (non-hydrogen) atoms. The van der Waals surface area contributed by atoms with E-state index in [9.17, 15) is 4.79 Å². The first-order valence-corrected chi connectivity index (χ1v) is 6.67. The minimum Gasteiger partial charge on any atom is -0.325 e. The van der Waals surface area contributed by atoms with E-state index >= 15 is 0 Å². The quantitative estimate of drug-likeness (QED) is 0.857. The van der Waals surface area contributed by atoms with E-state index in [1.54, 1.807) is 24.5 Å². The van der Waals surface area contributed by atoms with Crippen molar-refractivity contribution < 1.29 is 4.79 Å². The molecule has 2 heterocycles. The summed E-state index contributed by atoms with van der Waals surface area (Å²) in [6.07, 6.45) is 3.27. The molecule has 0 aliphatic rings. The summed E-state index contributed by atoms with van der Waals surface area (Å²) < 4.78 is 0.812. The minimum atomic E-state index is -0.0611. The number of hydrogen-bond acceptors (Lipinski definition) is 6. The molecular formula is C10H10N4OS2. The molecule has 0 saturated carbocycles. The first-order chi connectivity index (χ1) is 8.24. The highest BCUT2D eigenvalue weighted by molar-refractivity contribution is 8.01. The molecule has 0 bridgehead atoms. The molecule has 0 unspecified atom stereocenters. The first-order valence-electron chi connectivity index (χ1n) is 4.87. The SMILES string of the molecule is Cc1nnc(SCC(=O)Nc2ccncc2)s1. The van der Waals surface area contributed by atoms with Gasteiger partial charge in [-0.1, -0.05) is 23.1 Å². The van der Waals surface area contributed by atoms with E-state index in [-0.39, 0.29) is 5.91 Å². The molecule has 1 amide bonds. The van der Waals surface area contributed by atoms with Gasteiger partial charge in [-0.2, -0.15) is 0 Å². The number of hydrogen-bond donors (Lipinski definition) is 1. The monoisotopic (exact) mass is 266 g/mol. The van der Waals surface area contributed by atoms with Crippen LogP contribution < -0.4 is 5.32 Å². The zero-order chi connectivity index (χ0) is 12.1. The maximum absolute atomic E-state index is 11.6. The van der Waals surface area contributed by atoms with Gasteiger partial charge in [-0.3, -0.25) is 9.78 Å². The van der Waals surface area contributed by atoms with Gasteiger partial charge in [0.05, 0.1) is 5.75 Å². The zero-order valence-electron chi connectivity index (χ0n) is 9.08. The number of carbonyl (C=O) groups is 1. The molecular weight excluding hydrogens is 256 g/mol. The molecule has 0 aromatic carbocycles. The van der Waals surface area contributed by atoms with Crippen molar-refractivity contribution in [3.8, 4) is 0 Å². The molecule has 5 nitrogen and oxygen atoms in total. The van der Waals surface area contributed by atoms with Gasteiger partial charge in [0.1, 0.15) is 5.01 Å². The summed E-state index contributed by atoms with van der Waals surface area (Å²) >= 11 is 2.87. The summed E-state index contributed by atoms with van der Waals surface area (Å²) in [5, 5.41) is 11.5. The number of aryl methyl sites for hydroxylation is 1. The van der Waals surface area contributed by atoms with Crippen LogP contribution in [-0.2, 0) is 4.79 Å². The van der Waals surface area contributed by atoms with Crippen molar-refractivity contribution in [2.24, 2.45) is 0 Å². The van der Waals surface area contributed by atoms with E-state index in [1.165, 1.54) is 23.1 Å². The van der Waals surface area contributed by atoms with Crippen LogP contribution in [0.2, 0.25) is 0 Å². The topological polar surface area (TPSA) is 67.8 Å². The smallest absolute Gasteiger partial charge is 0.234 e. The Hall–Kier alpha value is -1.47. The van der Waals surface area contributed by atoms with Gasteiger partial charge in [0.15, 0.2) is 4.34 Å². The molecule has 7 heteroatoms. The number of carbonyl (C=O) groups excluding carboxylic acids is 1. The minimum absolute atomic E-state index is 0.0611. The number of anilines is 1. The number of aromatic nitrogens is 3. The summed E-state index contributed by atoms with van der Waals surface area (Å²) in [5.41, 5.74) is 0.749. The maximum Gasteiger partial charge on any atom is 0.234 e. The third-order valence-corrected chi connectivity index (χ3v) is 3.77. The fraction of sp³-hybridized carbons (Fsp3) is 0.200. The van der Waals surface area contributed by atoms with Gasteiger partial charge in [0, 0.05) is 18.1 Å². The molecule has 0 radical (unpaired) electrons. The molecule has 1 N–H and O–H groups in total. The lowest BCUT2D eigenvalue weighted by molar-refractivity contribution is -0.113. The lowest BCUT2D eigenvalue weighted by Gasteiger charge is -2.02. The van der Waals surface area contributed by atoms with Crippen LogP contribution in [0.5, 0.6) is 0 Å². The highest BCUT2D eigenvalue weighted by Gasteiger charge is 2.06. The van der Waals surface area contributed by atoms with Gasteiger partial charge >= 0.3 is 0 Å². The Morgan fingerprint density at radius 3 is 2.82 bits per heavy atom. The lowest BCUT2D eigenvalue weighted by Crippen LogP contribution is -2.13. The zero-order valence-corrected chi connectivity index (χ0v) is 10.7. The fourth-order valence-electron chi connectivity index (χ4n) is 1.10. The van der Waals surface area contributed by atoms with Gasteiger partial charge in [-0.15, -0.1) is 10.2 Å². The van der Waals surface area contributed by atoms with Gasteiger partial charge in [-0.25, -0.2) is 0 Å². The summed E-state index contributed by atoms with van der Waals surface area (Å²) in [6, 6.07) is 3.50. The highest BCUT2D eigenvalue weighted by Crippen LogP contribution is 2.21. The second kappa shape index (κ2) is 5.74. The summed E-state index contributed by atoms with van der Waals surface area (Å²) in [4.78, 5) is 15.5. The average molecular weight is 266 g/mol. The predicted octanol–water partition coefficient (Wildman–Crippen LogP) is 1.97. The average Bonchev–Trinajstić information content (AvgIpc) is 2.74. The van der Waals surface area contributed by atoms with Gasteiger partial charge in [0.25, 0.3) is 0 Å². The number of rotatable bonds is 4. The third-order valence-electron chi connectivity index (χ3n) is 1.80. The van der Waals surface area contributed by atoms with E-state index in [0.29, 0.717) is 5.75 Å². The van der Waals surface area contributed by atoms with Crippen molar-refractivity contribution in [2.75, 3.05) is 11.1 Å². The van der Waals surface area contributed by atoms with Crippen LogP contribution in [0.3, 0.4) is 0 Å². The maximum atomic E-state index is 11.6. The van der Waals surface area contributed by atoms with Crippen molar-refractivity contribution in [2.45, 2.75) is 11.3 Å². The van der Waals surface area contributed by atoms with Crippen molar-refractivity contribution in [1.29, 1.82) is 0 Å². The van der Waals surface area contributed by atoms with Crippen LogP contribution in [0.1, 0.15) is 5.01 Å². The van der Waals surface area contributed by atoms with Gasteiger partial charge in [-0.05, 0) is 19.1 Å². The summed E-state index contributed by atoms with van der Waals surface area (Å²) in [7, 11) is 0. The van der Waals surface area contributed by atoms with Crippen LogP contribution in [0.25, 0.3) is 0 Å². The van der Waals surface area contributed by atoms with E-state index in [1.807, 2.05) is 6.92 Å². The Kier molecular flexibility index (Phi) is 4.05. The predicted molar refractivity (Wildman–Crippen MR) is 68.2 cm³/mol. The molecule has 0 aliphatic heterocycles. The van der Waals surface area contributed by atoms with Crippen LogP contribution in [0, 0.1) is 6.92 Å². The number of pyridine rings is 1. The van der Waals surface area contributed by atoms with Crippen molar-refractivity contribution in [3.63, 3.8) is 0 Å². The van der Waals surface area contributed by atoms with E-state index in [4.69, 9.17) is 0 Å². The fourth-order valence-corrected chi connectivity index (χ4v) is 2.71. The largest absolute Gasteiger partial charge is 0.325 e. The van der Waals surface area contributed by atoms with E-state index in [0.717, 1.165) is 15.0 Å². The van der Waals surface area contributed by atoms with Crippen LogP contribution >= 0.6 is 23.1 Å². The number of nitrogens with zero attached hydrogens (tertiary/aromatic N) is 3. The number of nitrogens with one attached hydrogen (secondary N) is 1. The standard InChI is InChI=1S/C10H10N4OS2/c1-7-13-14-10(17-7)16-6-9(15)12-8-2-4-11-5-3-8/h2-5H,6H2,1H3,(H,11,12,15). The van der Waals surface area contributed by atoms with Gasteiger partial charge < -0.3 is 5.32 Å². The Morgan fingerprint density at radius 2 is 2.18 bits per heavy atom. The third kappa shape index (κ3) is 3.79. The second-order valence-electron chi connectivity index (χ2n) is 3.16. The number of amides is 1. The molecule has 0 atom stereocenters. The Labute approximate surface area is 107 Å². The molecule has 2 aromatic rings. The first kappa shape index (κ1) is 12.0.